The summed E-state index contributed by atoms with van der Waals surface area (Å²) in [6, 6.07) is 0. The minimum atomic E-state index is -8.31. The molecule has 0 saturated heterocycles. The van der Waals surface area contributed by atoms with E-state index in [1.165, 1.54) is 0 Å². The zero-order valence-electron chi connectivity index (χ0n) is 12.0. The van der Waals surface area contributed by atoms with Gasteiger partial charge in [0.25, 0.3) is 0 Å². The van der Waals surface area contributed by atoms with Crippen molar-refractivity contribution in [2.24, 2.45) is 0 Å². The molecule has 1 nitrogen and oxygen atoms in total. The second-order valence-electron chi connectivity index (χ2n) is 4.74. The first-order valence-electron chi connectivity index (χ1n) is 6.03. The predicted octanol–water partition coefficient (Wildman–Crippen LogP) is 5.74. The predicted molar refractivity (Wildman–Crippen MR) is 52.0 cm³/mol. The molecule has 0 aliphatic rings. The van der Waals surface area contributed by atoms with E-state index in [0.29, 0.717) is 0 Å². The molecule has 0 aliphatic heterocycles. The van der Waals surface area contributed by atoms with E-state index < -0.39 is 54.9 Å². The molecule has 1 atom stereocenters. The van der Waals surface area contributed by atoms with E-state index in [1.54, 1.807) is 0 Å². The van der Waals surface area contributed by atoms with Crippen LogP contribution in [-0.4, -0.2) is 48.5 Å². The number of ether oxygens (including phenoxy) is 1. The van der Waals surface area contributed by atoms with Gasteiger partial charge in [0.1, 0.15) is 0 Å². The third-order valence-electron chi connectivity index (χ3n) is 2.88. The molecule has 0 aromatic carbocycles. The molecule has 0 aliphatic carbocycles. The lowest BCUT2D eigenvalue weighted by atomic mass is 9.87. The molecular weight excluding hydrogens is 421 g/mol. The van der Waals surface area contributed by atoms with Gasteiger partial charge in [0.2, 0.25) is 0 Å². The summed E-state index contributed by atoms with van der Waals surface area (Å²) in [5, 5.41) is 0. The Morgan fingerprint density at radius 1 is 0.538 bits per heavy atom. The van der Waals surface area contributed by atoms with Crippen LogP contribution in [0, 0.1) is 0 Å². The van der Waals surface area contributed by atoms with Gasteiger partial charge >= 0.3 is 41.9 Å². The molecule has 0 radical (unpaired) electrons. The van der Waals surface area contributed by atoms with E-state index in [4.69, 9.17) is 0 Å². The fraction of sp³-hybridized carbons (Fsp3) is 1.00. The van der Waals surface area contributed by atoms with Crippen molar-refractivity contribution in [2.45, 2.75) is 55.2 Å². The fourth-order valence-corrected chi connectivity index (χ4v) is 1.53. The Balaban J connectivity index is 6.78. The number of hydrogen-bond acceptors (Lipinski definition) is 1. The van der Waals surface area contributed by atoms with Crippen LogP contribution in [0.25, 0.3) is 0 Å². The smallest absolute Gasteiger partial charge is 0.334 e. The summed E-state index contributed by atoms with van der Waals surface area (Å²) >= 11 is 0. The second-order valence-corrected chi connectivity index (χ2v) is 4.74. The molecule has 0 N–H and O–H groups in total. The first-order valence-corrected chi connectivity index (χ1v) is 6.03. The minimum Gasteiger partial charge on any atom is -0.334 e. The van der Waals surface area contributed by atoms with Crippen LogP contribution in [0.5, 0.6) is 0 Å². The Hall–Kier alpha value is -1.09. The lowest BCUT2D eigenvalue weighted by Crippen LogP contribution is -2.76. The van der Waals surface area contributed by atoms with Crippen molar-refractivity contribution < 1.29 is 70.6 Å². The molecular formula is C10H7F15O. The SMILES string of the molecule is CCCOC(F)(C(F)(F)F)C(F)(F)C(F)(F)C(F)(C(F)(F)F)C(F)(F)F. The summed E-state index contributed by atoms with van der Waals surface area (Å²) in [7, 11) is 0. The highest BCUT2D eigenvalue weighted by Crippen LogP contribution is 2.63. The number of rotatable bonds is 6. The monoisotopic (exact) mass is 428 g/mol. The molecule has 26 heavy (non-hydrogen) atoms. The van der Waals surface area contributed by atoms with Crippen molar-refractivity contribution in [3.8, 4) is 0 Å². The van der Waals surface area contributed by atoms with Crippen molar-refractivity contribution in [1.29, 1.82) is 0 Å². The minimum absolute atomic E-state index is 0.803. The molecule has 0 fully saturated rings. The van der Waals surface area contributed by atoms with Crippen molar-refractivity contribution in [3.05, 3.63) is 0 Å². The van der Waals surface area contributed by atoms with Crippen molar-refractivity contribution in [2.75, 3.05) is 6.61 Å². The molecule has 0 spiro atoms. The summed E-state index contributed by atoms with van der Waals surface area (Å²) in [5.74, 6) is -23.4. The Kier molecular flexibility index (Phi) is 6.24. The molecule has 0 aromatic rings. The van der Waals surface area contributed by atoms with Crippen LogP contribution >= 0.6 is 0 Å². The van der Waals surface area contributed by atoms with E-state index >= 15 is 0 Å². The largest absolute Gasteiger partial charge is 0.455 e. The lowest BCUT2D eigenvalue weighted by molar-refractivity contribution is -0.482. The molecule has 0 rings (SSSR count). The summed E-state index contributed by atoms with van der Waals surface area (Å²) in [4.78, 5) is 0. The topological polar surface area (TPSA) is 9.23 Å². The first kappa shape index (κ1) is 24.9. The Bertz CT molecular complexity index is 472. The van der Waals surface area contributed by atoms with Gasteiger partial charge in [-0.15, -0.1) is 0 Å². The normalized spacial score (nSPS) is 18.0. The summed E-state index contributed by atoms with van der Waals surface area (Å²) < 4.78 is 194. The molecule has 16 heteroatoms. The van der Waals surface area contributed by atoms with Gasteiger partial charge in [-0.1, -0.05) is 6.92 Å². The van der Waals surface area contributed by atoms with E-state index in [-0.39, 0.29) is 0 Å². The van der Waals surface area contributed by atoms with Crippen LogP contribution in [-0.2, 0) is 4.74 Å². The zero-order valence-corrected chi connectivity index (χ0v) is 12.0. The van der Waals surface area contributed by atoms with Gasteiger partial charge in [-0.25, -0.2) is 4.39 Å². The third-order valence-corrected chi connectivity index (χ3v) is 2.88. The highest BCUT2D eigenvalue weighted by atomic mass is 19.4. The van der Waals surface area contributed by atoms with Crippen molar-refractivity contribution >= 4 is 0 Å². The van der Waals surface area contributed by atoms with Gasteiger partial charge in [-0.3, -0.25) is 0 Å². The van der Waals surface area contributed by atoms with Crippen LogP contribution in [0.15, 0.2) is 0 Å². The van der Waals surface area contributed by atoms with Crippen LogP contribution in [0.2, 0.25) is 0 Å². The number of halogens is 15. The van der Waals surface area contributed by atoms with E-state index in [9.17, 15) is 65.9 Å². The first-order chi connectivity index (χ1) is 11.1. The Morgan fingerprint density at radius 2 is 0.885 bits per heavy atom. The van der Waals surface area contributed by atoms with E-state index in [2.05, 4.69) is 4.74 Å². The molecule has 0 heterocycles. The second kappa shape index (κ2) is 6.51. The standard InChI is InChI=1S/C10H7F15O/c1-2-3-26-7(16,10(23,24)25)6(14,15)5(12,13)4(11,8(17,18)19)9(20,21)22/h2-3H2,1H3. The third kappa shape index (κ3) is 3.28. The molecule has 0 amide bonds. The van der Waals surface area contributed by atoms with Crippen LogP contribution < -0.4 is 0 Å². The maximum Gasteiger partial charge on any atom is 0.455 e. The van der Waals surface area contributed by atoms with Crippen LogP contribution in [0.3, 0.4) is 0 Å². The van der Waals surface area contributed by atoms with Gasteiger partial charge in [0.05, 0.1) is 6.61 Å². The summed E-state index contributed by atoms with van der Waals surface area (Å²) in [5.41, 5.74) is -8.23. The quantitative estimate of drug-likeness (QED) is 0.490. The average Bonchev–Trinajstić information content (AvgIpc) is 2.39. The molecule has 0 saturated carbocycles. The number of hydrogen-bond donors (Lipinski definition) is 0. The van der Waals surface area contributed by atoms with Crippen molar-refractivity contribution in [3.63, 3.8) is 0 Å². The maximum absolute atomic E-state index is 13.6. The summed E-state index contributed by atoms with van der Waals surface area (Å²) in [6.07, 6.45) is -23.8. The average molecular weight is 428 g/mol. The maximum atomic E-state index is 13.6. The van der Waals surface area contributed by atoms with E-state index in [0.717, 1.165) is 6.92 Å². The molecule has 0 bridgehead atoms. The van der Waals surface area contributed by atoms with Gasteiger partial charge in [0.15, 0.2) is 0 Å². The highest BCUT2D eigenvalue weighted by Gasteiger charge is 2.95. The zero-order chi connectivity index (χ0) is 21.6. The lowest BCUT2D eigenvalue weighted by Gasteiger charge is -2.44. The Morgan fingerprint density at radius 3 is 1.12 bits per heavy atom. The van der Waals surface area contributed by atoms with E-state index in [1.807, 2.05) is 0 Å². The molecule has 1 unspecified atom stereocenters. The van der Waals surface area contributed by atoms with Gasteiger partial charge in [-0.2, -0.15) is 61.5 Å². The van der Waals surface area contributed by atoms with Crippen LogP contribution in [0.4, 0.5) is 65.9 Å². The van der Waals surface area contributed by atoms with Crippen molar-refractivity contribution in [1.82, 2.24) is 0 Å². The van der Waals surface area contributed by atoms with Gasteiger partial charge in [-0.05, 0) is 6.42 Å². The highest BCUT2D eigenvalue weighted by molar-refractivity contribution is 5.15. The van der Waals surface area contributed by atoms with Crippen LogP contribution in [0.1, 0.15) is 13.3 Å². The fourth-order valence-electron chi connectivity index (χ4n) is 1.53. The van der Waals surface area contributed by atoms with Gasteiger partial charge in [0, 0.05) is 0 Å². The molecule has 0 aromatic heterocycles. The summed E-state index contributed by atoms with van der Waals surface area (Å²) in [6.45, 7) is -0.975. The Labute approximate surface area is 134 Å². The molecule has 158 valence electrons. The number of alkyl halides is 15. The van der Waals surface area contributed by atoms with Gasteiger partial charge < -0.3 is 4.74 Å².